The molecule has 0 saturated carbocycles. The number of ether oxygens (including phenoxy) is 2. The monoisotopic (exact) mass is 516 g/mol. The smallest absolute Gasteiger partial charge is 0.262 e. The van der Waals surface area contributed by atoms with E-state index in [1.54, 1.807) is 54.0 Å². The normalized spacial score (nSPS) is 12.2. The van der Waals surface area contributed by atoms with Gasteiger partial charge in [0.05, 0.1) is 25.3 Å². The van der Waals surface area contributed by atoms with E-state index in [0.29, 0.717) is 17.1 Å². The Balaban J connectivity index is 1.99. The SMILES string of the molecule is COc1ccc(CN(C(Cc2ccccc2)C(=O)NO)S(=O)(=O)c2ccc(OCCCF)cc2)cc1. The molecule has 10 heteroatoms. The summed E-state index contributed by atoms with van der Waals surface area (Å²) < 4.78 is 51.7. The van der Waals surface area contributed by atoms with Crippen molar-refractivity contribution in [1.82, 2.24) is 9.79 Å². The Kier molecular flexibility index (Phi) is 9.80. The summed E-state index contributed by atoms with van der Waals surface area (Å²) in [5.74, 6) is 0.144. The highest BCUT2D eigenvalue weighted by molar-refractivity contribution is 7.89. The number of hydrogen-bond donors (Lipinski definition) is 2. The predicted octanol–water partition coefficient (Wildman–Crippen LogP) is 3.74. The van der Waals surface area contributed by atoms with Crippen molar-refractivity contribution in [2.45, 2.75) is 30.3 Å². The molecule has 0 bridgehead atoms. The van der Waals surface area contributed by atoms with E-state index in [4.69, 9.17) is 9.47 Å². The zero-order valence-electron chi connectivity index (χ0n) is 19.8. The fourth-order valence-corrected chi connectivity index (χ4v) is 5.17. The van der Waals surface area contributed by atoms with E-state index < -0.39 is 28.6 Å². The molecule has 1 amide bonds. The first kappa shape index (κ1) is 27.1. The maximum Gasteiger partial charge on any atom is 0.262 e. The minimum Gasteiger partial charge on any atom is -0.497 e. The molecule has 1 unspecified atom stereocenters. The van der Waals surface area contributed by atoms with Crippen LogP contribution in [0, 0.1) is 0 Å². The van der Waals surface area contributed by atoms with Crippen LogP contribution in [-0.4, -0.2) is 50.3 Å². The third-order valence-electron chi connectivity index (χ3n) is 5.51. The van der Waals surface area contributed by atoms with Crippen LogP contribution in [0.3, 0.4) is 0 Å². The van der Waals surface area contributed by atoms with Gasteiger partial charge in [0.25, 0.3) is 5.91 Å². The van der Waals surface area contributed by atoms with E-state index in [9.17, 15) is 22.8 Å². The predicted molar refractivity (Wildman–Crippen MR) is 132 cm³/mol. The molecule has 2 N–H and O–H groups in total. The lowest BCUT2D eigenvalue weighted by Crippen LogP contribution is -2.49. The molecule has 8 nitrogen and oxygen atoms in total. The fraction of sp³-hybridized carbons (Fsp3) is 0.269. The van der Waals surface area contributed by atoms with Crippen LogP contribution < -0.4 is 15.0 Å². The molecule has 0 spiro atoms. The molecule has 0 heterocycles. The van der Waals surface area contributed by atoms with E-state index in [1.807, 2.05) is 6.07 Å². The maximum atomic E-state index is 13.8. The van der Waals surface area contributed by atoms with E-state index in [2.05, 4.69) is 0 Å². The van der Waals surface area contributed by atoms with Crippen molar-refractivity contribution in [2.75, 3.05) is 20.4 Å². The Labute approximate surface area is 210 Å². The number of halogens is 1. The lowest BCUT2D eigenvalue weighted by Gasteiger charge is -2.30. The molecule has 0 aliphatic heterocycles. The number of carbonyl (C=O) groups is 1. The molecule has 0 aromatic heterocycles. The standard InChI is InChI=1S/C26H29FN2O6S/c1-34-22-10-8-21(9-11-22)19-29(25(26(30)28-31)18-20-6-3-2-4-7-20)36(32,33)24-14-12-23(13-15-24)35-17-5-16-27/h2-4,6-15,25,31H,5,16-19H2,1H3,(H,28,30). The Morgan fingerprint density at radius 2 is 1.61 bits per heavy atom. The summed E-state index contributed by atoms with van der Waals surface area (Å²) in [5.41, 5.74) is 2.96. The van der Waals surface area contributed by atoms with Gasteiger partial charge in [-0.15, -0.1) is 0 Å². The lowest BCUT2D eigenvalue weighted by molar-refractivity contribution is -0.133. The van der Waals surface area contributed by atoms with Crippen molar-refractivity contribution >= 4 is 15.9 Å². The number of alkyl halides is 1. The minimum atomic E-state index is -4.22. The van der Waals surface area contributed by atoms with Crippen LogP contribution in [0.15, 0.2) is 83.8 Å². The van der Waals surface area contributed by atoms with Gasteiger partial charge >= 0.3 is 0 Å². The van der Waals surface area contributed by atoms with Crippen LogP contribution in [-0.2, 0) is 27.8 Å². The summed E-state index contributed by atoms with van der Waals surface area (Å²) in [6, 6.07) is 20.2. The first-order valence-corrected chi connectivity index (χ1v) is 12.7. The second kappa shape index (κ2) is 13.0. The number of carbonyl (C=O) groups excluding carboxylic acids is 1. The van der Waals surface area contributed by atoms with E-state index >= 15 is 0 Å². The van der Waals surface area contributed by atoms with Crippen LogP contribution in [0.5, 0.6) is 11.5 Å². The quantitative estimate of drug-likeness (QED) is 0.204. The number of nitrogens with one attached hydrogen (secondary N) is 1. The van der Waals surface area contributed by atoms with Crippen molar-refractivity contribution in [3.05, 3.63) is 90.0 Å². The number of hydroxylamine groups is 1. The van der Waals surface area contributed by atoms with E-state index in [-0.39, 0.29) is 30.9 Å². The van der Waals surface area contributed by atoms with Crippen LogP contribution in [0.1, 0.15) is 17.5 Å². The number of rotatable bonds is 13. The number of sulfonamides is 1. The highest BCUT2D eigenvalue weighted by Crippen LogP contribution is 2.26. The summed E-state index contributed by atoms with van der Waals surface area (Å²) in [7, 11) is -2.69. The van der Waals surface area contributed by atoms with E-state index in [1.165, 1.54) is 31.4 Å². The summed E-state index contributed by atoms with van der Waals surface area (Å²) in [4.78, 5) is 12.7. The maximum absolute atomic E-state index is 13.8. The number of amides is 1. The van der Waals surface area contributed by atoms with Gasteiger partial charge in [-0.1, -0.05) is 42.5 Å². The minimum absolute atomic E-state index is 0.0348. The zero-order chi connectivity index (χ0) is 26.0. The molecule has 3 aromatic carbocycles. The average Bonchev–Trinajstić information content (AvgIpc) is 2.91. The van der Waals surface area contributed by atoms with Crippen LogP contribution in [0.2, 0.25) is 0 Å². The molecule has 0 aliphatic carbocycles. The molecule has 1 atom stereocenters. The van der Waals surface area contributed by atoms with Crippen molar-refractivity contribution in [3.63, 3.8) is 0 Å². The largest absolute Gasteiger partial charge is 0.497 e. The molecule has 36 heavy (non-hydrogen) atoms. The third-order valence-corrected chi connectivity index (χ3v) is 7.38. The topological polar surface area (TPSA) is 105 Å². The summed E-state index contributed by atoms with van der Waals surface area (Å²) in [6.45, 7) is -0.476. The summed E-state index contributed by atoms with van der Waals surface area (Å²) >= 11 is 0. The Hall–Kier alpha value is -3.47. The molecule has 192 valence electrons. The molecule has 0 aliphatic rings. The van der Waals surface area contributed by atoms with Gasteiger partial charge in [-0.2, -0.15) is 4.31 Å². The summed E-state index contributed by atoms with van der Waals surface area (Å²) in [6.07, 6.45) is 0.264. The first-order chi connectivity index (χ1) is 17.4. The van der Waals surface area contributed by atoms with Gasteiger partial charge in [0.1, 0.15) is 17.5 Å². The summed E-state index contributed by atoms with van der Waals surface area (Å²) in [5, 5.41) is 9.46. The van der Waals surface area contributed by atoms with Gasteiger partial charge in [0.2, 0.25) is 10.0 Å². The highest BCUT2D eigenvalue weighted by atomic mass is 32.2. The third kappa shape index (κ3) is 7.03. The zero-order valence-corrected chi connectivity index (χ0v) is 20.7. The highest BCUT2D eigenvalue weighted by Gasteiger charge is 2.36. The van der Waals surface area contributed by atoms with Crippen molar-refractivity contribution in [2.24, 2.45) is 0 Å². The number of nitrogens with zero attached hydrogens (tertiary/aromatic N) is 1. The van der Waals surface area contributed by atoms with Crippen LogP contribution >= 0.6 is 0 Å². The number of benzene rings is 3. The molecule has 0 radical (unpaired) electrons. The van der Waals surface area contributed by atoms with Gasteiger partial charge in [0.15, 0.2) is 0 Å². The van der Waals surface area contributed by atoms with Crippen LogP contribution in [0.25, 0.3) is 0 Å². The molecule has 0 saturated heterocycles. The van der Waals surface area contributed by atoms with Crippen molar-refractivity contribution in [1.29, 1.82) is 0 Å². The Morgan fingerprint density at radius 3 is 2.19 bits per heavy atom. The van der Waals surface area contributed by atoms with Gasteiger partial charge in [-0.05, 0) is 53.9 Å². The second-order valence-electron chi connectivity index (χ2n) is 7.94. The molecule has 3 aromatic rings. The molecular weight excluding hydrogens is 487 g/mol. The molecular formula is C26H29FN2O6S. The Bertz CT molecular complexity index is 1210. The number of hydrogen-bond acceptors (Lipinski definition) is 6. The van der Waals surface area contributed by atoms with Crippen molar-refractivity contribution < 1.29 is 32.3 Å². The Morgan fingerprint density at radius 1 is 0.972 bits per heavy atom. The van der Waals surface area contributed by atoms with Gasteiger partial charge in [-0.3, -0.25) is 14.4 Å². The van der Waals surface area contributed by atoms with Gasteiger partial charge in [0, 0.05) is 13.0 Å². The van der Waals surface area contributed by atoms with E-state index in [0.717, 1.165) is 9.87 Å². The van der Waals surface area contributed by atoms with Crippen LogP contribution in [0.4, 0.5) is 4.39 Å². The number of methoxy groups -OCH3 is 1. The van der Waals surface area contributed by atoms with Crippen molar-refractivity contribution in [3.8, 4) is 11.5 Å². The average molecular weight is 517 g/mol. The molecule has 0 fully saturated rings. The van der Waals surface area contributed by atoms with Gasteiger partial charge in [-0.25, -0.2) is 13.9 Å². The fourth-order valence-electron chi connectivity index (χ4n) is 3.60. The van der Waals surface area contributed by atoms with Gasteiger partial charge < -0.3 is 9.47 Å². The first-order valence-electron chi connectivity index (χ1n) is 11.3. The molecule has 3 rings (SSSR count). The second-order valence-corrected chi connectivity index (χ2v) is 9.83. The lowest BCUT2D eigenvalue weighted by atomic mass is 10.0.